The summed E-state index contributed by atoms with van der Waals surface area (Å²) in [7, 11) is -3.97. The highest BCUT2D eigenvalue weighted by atomic mass is 35.5. The molecular weight excluding hydrogens is 463 g/mol. The average molecular weight is 483 g/mol. The van der Waals surface area contributed by atoms with E-state index in [1.54, 1.807) is 30.3 Å². The Labute approximate surface area is 190 Å². The first-order chi connectivity index (χ1) is 14.9. The molecule has 1 aliphatic rings. The van der Waals surface area contributed by atoms with Crippen LogP contribution in [0.2, 0.25) is 10.0 Å². The van der Waals surface area contributed by atoms with Crippen LogP contribution in [0.4, 0.5) is 5.88 Å². The summed E-state index contributed by atoms with van der Waals surface area (Å²) in [5.74, 6) is 0.856. The first kappa shape index (κ1) is 22.0. The minimum atomic E-state index is -3.97. The van der Waals surface area contributed by atoms with Crippen molar-refractivity contribution in [3.8, 4) is 17.2 Å². The lowest BCUT2D eigenvalue weighted by Gasteiger charge is -2.26. The third kappa shape index (κ3) is 4.52. The first-order valence-electron chi connectivity index (χ1n) is 9.67. The van der Waals surface area contributed by atoms with Crippen LogP contribution in [-0.4, -0.2) is 46.3 Å². The second kappa shape index (κ2) is 9.08. The quantitative estimate of drug-likeness (QED) is 0.502. The van der Waals surface area contributed by atoms with Crippen molar-refractivity contribution < 1.29 is 22.3 Å². The highest BCUT2D eigenvalue weighted by Gasteiger charge is 2.32. The lowest BCUT2D eigenvalue weighted by molar-refractivity contribution is 0.120. The fourth-order valence-electron chi connectivity index (χ4n) is 3.21. The van der Waals surface area contributed by atoms with E-state index in [4.69, 9.17) is 37.1 Å². The summed E-state index contributed by atoms with van der Waals surface area (Å²) < 4.78 is 43.7. The van der Waals surface area contributed by atoms with Crippen LogP contribution in [0.5, 0.6) is 5.75 Å². The van der Waals surface area contributed by atoms with E-state index in [0.717, 1.165) is 0 Å². The van der Waals surface area contributed by atoms with Crippen molar-refractivity contribution in [3.63, 3.8) is 0 Å². The second-order valence-corrected chi connectivity index (χ2v) is 9.47. The van der Waals surface area contributed by atoms with Crippen LogP contribution in [-0.2, 0) is 14.6 Å². The van der Waals surface area contributed by atoms with E-state index in [1.807, 2.05) is 11.8 Å². The largest absolute Gasteiger partial charge is 0.494 e. The summed E-state index contributed by atoms with van der Waals surface area (Å²) in [6, 6.07) is 11.1. The number of oxazole rings is 1. The number of sulfone groups is 1. The van der Waals surface area contributed by atoms with Gasteiger partial charge in [-0.25, -0.2) is 8.42 Å². The highest BCUT2D eigenvalue weighted by molar-refractivity contribution is 7.91. The van der Waals surface area contributed by atoms with Gasteiger partial charge in [0.05, 0.1) is 35.3 Å². The molecule has 0 spiro atoms. The lowest BCUT2D eigenvalue weighted by atomic mass is 10.2. The number of hydrogen-bond donors (Lipinski definition) is 0. The summed E-state index contributed by atoms with van der Waals surface area (Å²) in [5, 5.41) is 0.600. The van der Waals surface area contributed by atoms with Crippen LogP contribution >= 0.6 is 23.2 Å². The summed E-state index contributed by atoms with van der Waals surface area (Å²) in [6.07, 6.45) is 0. The molecule has 0 N–H and O–H groups in total. The van der Waals surface area contributed by atoms with Crippen LogP contribution in [0.1, 0.15) is 6.92 Å². The van der Waals surface area contributed by atoms with Crippen molar-refractivity contribution in [2.75, 3.05) is 37.8 Å². The van der Waals surface area contributed by atoms with E-state index >= 15 is 0 Å². The number of ether oxygens (including phenoxy) is 2. The van der Waals surface area contributed by atoms with Crippen molar-refractivity contribution in [1.29, 1.82) is 0 Å². The molecule has 0 unspecified atom stereocenters. The molecule has 164 valence electrons. The van der Waals surface area contributed by atoms with Gasteiger partial charge in [0.25, 0.3) is 0 Å². The zero-order valence-electron chi connectivity index (χ0n) is 16.7. The van der Waals surface area contributed by atoms with E-state index < -0.39 is 9.84 Å². The standard InChI is InChI=1S/C21H20Cl2N2O5S/c1-2-29-15-4-6-16(7-5-15)31(26,27)20-21(25-9-11-28-12-10-25)30-19(24-20)17-8-3-14(22)13-18(17)23/h3-8,13H,2,9-12H2,1H3. The molecule has 0 radical (unpaired) electrons. The predicted octanol–water partition coefficient (Wildman–Crippen LogP) is 4.72. The third-order valence-electron chi connectivity index (χ3n) is 4.74. The summed E-state index contributed by atoms with van der Waals surface area (Å²) in [6.45, 7) is 4.23. The molecule has 1 fully saturated rings. The zero-order valence-corrected chi connectivity index (χ0v) is 19.0. The Morgan fingerprint density at radius 2 is 1.81 bits per heavy atom. The van der Waals surface area contributed by atoms with Gasteiger partial charge in [0.15, 0.2) is 0 Å². The normalized spacial score (nSPS) is 14.6. The number of rotatable bonds is 6. The van der Waals surface area contributed by atoms with E-state index in [1.165, 1.54) is 12.1 Å². The monoisotopic (exact) mass is 482 g/mol. The number of anilines is 1. The number of nitrogens with zero attached hydrogens (tertiary/aromatic N) is 2. The Hall–Kier alpha value is -2.26. The van der Waals surface area contributed by atoms with Gasteiger partial charge in [-0.3, -0.25) is 0 Å². The number of aromatic nitrogens is 1. The molecular formula is C21H20Cl2N2O5S. The number of morpholine rings is 1. The Morgan fingerprint density at radius 1 is 1.10 bits per heavy atom. The highest BCUT2D eigenvalue weighted by Crippen LogP contribution is 2.38. The molecule has 31 heavy (non-hydrogen) atoms. The van der Waals surface area contributed by atoms with E-state index in [9.17, 15) is 8.42 Å². The van der Waals surface area contributed by atoms with Crippen molar-refractivity contribution in [3.05, 3.63) is 52.5 Å². The summed E-state index contributed by atoms with van der Waals surface area (Å²) in [5.41, 5.74) is 0.453. The van der Waals surface area contributed by atoms with Crippen molar-refractivity contribution in [1.82, 2.24) is 4.98 Å². The Kier molecular flexibility index (Phi) is 6.43. The third-order valence-corrected chi connectivity index (χ3v) is 6.95. The minimum Gasteiger partial charge on any atom is -0.494 e. The lowest BCUT2D eigenvalue weighted by Crippen LogP contribution is -2.36. The molecule has 10 heteroatoms. The van der Waals surface area contributed by atoms with E-state index in [-0.39, 0.29) is 21.7 Å². The van der Waals surface area contributed by atoms with Gasteiger partial charge < -0.3 is 18.8 Å². The van der Waals surface area contributed by atoms with Gasteiger partial charge in [-0.05, 0) is 49.4 Å². The molecule has 0 amide bonds. The molecule has 0 atom stereocenters. The summed E-state index contributed by atoms with van der Waals surface area (Å²) in [4.78, 5) is 6.26. The minimum absolute atomic E-state index is 0.0903. The Balaban J connectivity index is 1.81. The number of hydrogen-bond acceptors (Lipinski definition) is 7. The molecule has 1 aliphatic heterocycles. The Bertz CT molecular complexity index is 1170. The maximum atomic E-state index is 13.5. The van der Waals surface area contributed by atoms with Crippen LogP contribution in [0.15, 0.2) is 56.8 Å². The Morgan fingerprint density at radius 3 is 2.45 bits per heavy atom. The fraction of sp³-hybridized carbons (Fsp3) is 0.286. The van der Waals surface area contributed by atoms with Gasteiger partial charge in [0, 0.05) is 18.1 Å². The van der Waals surface area contributed by atoms with Gasteiger partial charge in [-0.1, -0.05) is 23.2 Å². The molecule has 0 saturated carbocycles. The molecule has 0 aliphatic carbocycles. The number of benzene rings is 2. The molecule has 0 bridgehead atoms. The van der Waals surface area contributed by atoms with Gasteiger partial charge in [-0.15, -0.1) is 0 Å². The fourth-order valence-corrected chi connectivity index (χ4v) is 5.02. The molecule has 1 saturated heterocycles. The average Bonchev–Trinajstić information content (AvgIpc) is 3.21. The first-order valence-corrected chi connectivity index (χ1v) is 11.9. The van der Waals surface area contributed by atoms with Crippen LogP contribution in [0, 0.1) is 0 Å². The van der Waals surface area contributed by atoms with Gasteiger partial charge >= 0.3 is 0 Å². The van der Waals surface area contributed by atoms with Gasteiger partial charge in [0.1, 0.15) is 5.75 Å². The topological polar surface area (TPSA) is 81.9 Å². The molecule has 7 nitrogen and oxygen atoms in total. The molecule has 2 heterocycles. The van der Waals surface area contributed by atoms with E-state index in [2.05, 4.69) is 4.98 Å². The van der Waals surface area contributed by atoms with Crippen LogP contribution < -0.4 is 9.64 Å². The van der Waals surface area contributed by atoms with Crippen LogP contribution in [0.3, 0.4) is 0 Å². The van der Waals surface area contributed by atoms with Crippen molar-refractivity contribution in [2.45, 2.75) is 16.8 Å². The SMILES string of the molecule is CCOc1ccc(S(=O)(=O)c2nc(-c3ccc(Cl)cc3Cl)oc2N2CCOCC2)cc1. The zero-order chi connectivity index (χ0) is 22.0. The molecule has 3 aromatic rings. The maximum absolute atomic E-state index is 13.5. The van der Waals surface area contributed by atoms with Crippen LogP contribution in [0.25, 0.3) is 11.5 Å². The molecule has 2 aromatic carbocycles. The van der Waals surface area contributed by atoms with Gasteiger partial charge in [-0.2, -0.15) is 4.98 Å². The van der Waals surface area contributed by atoms with E-state index in [0.29, 0.717) is 54.3 Å². The maximum Gasteiger partial charge on any atom is 0.236 e. The second-order valence-electron chi connectivity index (χ2n) is 6.76. The molecule has 4 rings (SSSR count). The molecule has 1 aromatic heterocycles. The number of halogens is 2. The summed E-state index contributed by atoms with van der Waals surface area (Å²) >= 11 is 12.3. The predicted molar refractivity (Wildman–Crippen MR) is 118 cm³/mol. The smallest absolute Gasteiger partial charge is 0.236 e. The van der Waals surface area contributed by atoms with Gasteiger partial charge in [0.2, 0.25) is 26.6 Å². The van der Waals surface area contributed by atoms with Crippen molar-refractivity contribution >= 4 is 38.9 Å². The van der Waals surface area contributed by atoms with Crippen molar-refractivity contribution in [2.24, 2.45) is 0 Å².